The number of nitrogens with one attached hydrogen (secondary N) is 1. The van der Waals surface area contributed by atoms with E-state index in [1.54, 1.807) is 37.4 Å². The smallest absolute Gasteiger partial charge is 0.271 e. The van der Waals surface area contributed by atoms with Crippen LogP contribution >= 0.6 is 0 Å². The summed E-state index contributed by atoms with van der Waals surface area (Å²) in [7, 11) is 0. The van der Waals surface area contributed by atoms with Crippen LogP contribution in [-0.2, 0) is 18.6 Å². The molecule has 0 bridgehead atoms. The molecule has 0 saturated carbocycles. The normalized spacial score (nSPS) is 19.1. The Morgan fingerprint density at radius 3 is 2.66 bits per heavy atom. The minimum absolute atomic E-state index is 0.187. The fourth-order valence-corrected chi connectivity index (χ4v) is 4.70. The van der Waals surface area contributed by atoms with E-state index in [1.807, 2.05) is 12.1 Å². The molecule has 1 aliphatic rings. The quantitative estimate of drug-likeness (QED) is 0.395. The molecule has 7 nitrogen and oxygen atoms in total. The highest BCUT2D eigenvalue weighted by Crippen LogP contribution is 2.37. The number of hydrogen-bond acceptors (Lipinski definition) is 5. The molecule has 0 saturated heterocycles. The zero-order chi connectivity index (χ0) is 24.7. The predicted molar refractivity (Wildman–Crippen MR) is 123 cm³/mol. The maximum atomic E-state index is 14.0. The lowest BCUT2D eigenvalue weighted by molar-refractivity contribution is 0.0268. The topological polar surface area (TPSA) is 96.1 Å². The van der Waals surface area contributed by atoms with Gasteiger partial charge in [0.15, 0.2) is 11.4 Å². The Hall–Kier alpha value is -3.82. The third-order valence-corrected chi connectivity index (χ3v) is 6.50. The maximum Gasteiger partial charge on any atom is 0.271 e. The molecule has 35 heavy (non-hydrogen) atoms. The molecule has 4 aromatic rings. The van der Waals surface area contributed by atoms with Crippen LogP contribution in [0.15, 0.2) is 60.8 Å². The van der Waals surface area contributed by atoms with Gasteiger partial charge in [0.25, 0.3) is 5.91 Å². The van der Waals surface area contributed by atoms with Crippen molar-refractivity contribution in [2.24, 2.45) is 0 Å². The van der Waals surface area contributed by atoms with Crippen molar-refractivity contribution in [1.29, 1.82) is 0 Å². The number of benzene rings is 2. The molecule has 2 aromatic carbocycles. The van der Waals surface area contributed by atoms with E-state index in [9.17, 15) is 23.8 Å². The fourth-order valence-electron chi connectivity index (χ4n) is 4.70. The summed E-state index contributed by atoms with van der Waals surface area (Å²) < 4.78 is 35.2. The highest BCUT2D eigenvalue weighted by molar-refractivity contribution is 5.95. The Bertz CT molecular complexity index is 1420. The number of aliphatic hydroxyl groups excluding tert-OH is 2. The monoisotopic (exact) mass is 479 g/mol. The number of amides is 1. The van der Waals surface area contributed by atoms with Crippen LogP contribution in [0.4, 0.5) is 8.78 Å². The Labute approximate surface area is 199 Å². The molecule has 180 valence electrons. The molecule has 0 spiro atoms. The van der Waals surface area contributed by atoms with Crippen LogP contribution < -0.4 is 10.1 Å². The van der Waals surface area contributed by atoms with Gasteiger partial charge in [0.05, 0.1) is 24.0 Å². The minimum Gasteiger partial charge on any atom is -0.485 e. The summed E-state index contributed by atoms with van der Waals surface area (Å²) in [6.45, 7) is 0.796. The van der Waals surface area contributed by atoms with Crippen molar-refractivity contribution < 1.29 is 28.5 Å². The van der Waals surface area contributed by atoms with Gasteiger partial charge in [-0.25, -0.2) is 13.8 Å². The fraction of sp³-hybridized carbons (Fsp3) is 0.231. The lowest BCUT2D eigenvalue weighted by Gasteiger charge is -2.33. The molecule has 0 aliphatic heterocycles. The summed E-state index contributed by atoms with van der Waals surface area (Å²) >= 11 is 0. The summed E-state index contributed by atoms with van der Waals surface area (Å²) in [6, 6.07) is 14.0. The Balaban J connectivity index is 1.48. The maximum absolute atomic E-state index is 14.0. The van der Waals surface area contributed by atoms with Crippen LogP contribution in [0, 0.1) is 18.6 Å². The SMILES string of the molecule is Cc1nc2c(OCc3c(F)cccc3F)cccn2c1C(=O)N[C@]1(CO)c2ccccc2C[C@H]1O. The molecular weight excluding hydrogens is 456 g/mol. The molecule has 2 aromatic heterocycles. The molecule has 1 aliphatic carbocycles. The van der Waals surface area contributed by atoms with Crippen molar-refractivity contribution >= 4 is 11.6 Å². The number of aryl methyl sites for hydroxylation is 1. The number of fused-ring (bicyclic) bond motifs is 2. The molecule has 2 heterocycles. The lowest BCUT2D eigenvalue weighted by atomic mass is 9.90. The number of nitrogens with zero attached hydrogens (tertiary/aromatic N) is 2. The van der Waals surface area contributed by atoms with E-state index >= 15 is 0 Å². The van der Waals surface area contributed by atoms with E-state index in [-0.39, 0.29) is 29.3 Å². The first kappa shape index (κ1) is 22.9. The molecular formula is C26H23F2N3O4. The number of aromatic nitrogens is 2. The number of ether oxygens (including phenoxy) is 1. The van der Waals surface area contributed by atoms with Gasteiger partial charge in [-0.2, -0.15) is 0 Å². The summed E-state index contributed by atoms with van der Waals surface area (Å²) in [5, 5.41) is 23.9. The lowest BCUT2D eigenvalue weighted by Crippen LogP contribution is -2.54. The van der Waals surface area contributed by atoms with Gasteiger partial charge in [-0.1, -0.05) is 30.3 Å². The number of imidazole rings is 1. The van der Waals surface area contributed by atoms with Crippen LogP contribution in [0.2, 0.25) is 0 Å². The van der Waals surface area contributed by atoms with E-state index in [2.05, 4.69) is 10.3 Å². The van der Waals surface area contributed by atoms with E-state index < -0.39 is 35.8 Å². The van der Waals surface area contributed by atoms with Crippen LogP contribution in [0.25, 0.3) is 5.65 Å². The van der Waals surface area contributed by atoms with Crippen LogP contribution in [-0.4, -0.2) is 38.2 Å². The molecule has 0 fully saturated rings. The van der Waals surface area contributed by atoms with Crippen molar-refractivity contribution in [1.82, 2.24) is 14.7 Å². The Kier molecular flexibility index (Phi) is 5.74. The first-order valence-electron chi connectivity index (χ1n) is 11.1. The molecule has 9 heteroatoms. The number of hydrogen-bond donors (Lipinski definition) is 3. The second-order valence-corrected chi connectivity index (χ2v) is 8.56. The summed E-state index contributed by atoms with van der Waals surface area (Å²) in [4.78, 5) is 17.9. The van der Waals surface area contributed by atoms with E-state index in [0.717, 1.165) is 17.7 Å². The zero-order valence-electron chi connectivity index (χ0n) is 18.8. The molecule has 2 atom stereocenters. The van der Waals surface area contributed by atoms with Crippen molar-refractivity contribution in [2.45, 2.75) is 31.6 Å². The average molecular weight is 479 g/mol. The van der Waals surface area contributed by atoms with Gasteiger partial charge in [-0.3, -0.25) is 9.20 Å². The third-order valence-electron chi connectivity index (χ3n) is 6.50. The zero-order valence-corrected chi connectivity index (χ0v) is 18.8. The minimum atomic E-state index is -1.36. The number of aliphatic hydroxyl groups is 2. The average Bonchev–Trinajstić information content (AvgIpc) is 3.32. The number of carbonyl (C=O) groups excluding carboxylic acids is 1. The van der Waals surface area contributed by atoms with E-state index in [1.165, 1.54) is 10.5 Å². The van der Waals surface area contributed by atoms with Gasteiger partial charge >= 0.3 is 0 Å². The van der Waals surface area contributed by atoms with Gasteiger partial charge in [-0.05, 0) is 42.3 Å². The van der Waals surface area contributed by atoms with Crippen molar-refractivity contribution in [3.8, 4) is 5.75 Å². The van der Waals surface area contributed by atoms with Crippen LogP contribution in [0.5, 0.6) is 5.75 Å². The second-order valence-electron chi connectivity index (χ2n) is 8.56. The number of carbonyl (C=O) groups is 1. The molecule has 0 unspecified atom stereocenters. The number of pyridine rings is 1. The second kappa shape index (κ2) is 8.75. The molecule has 5 rings (SSSR count). The van der Waals surface area contributed by atoms with Crippen molar-refractivity contribution in [2.75, 3.05) is 6.61 Å². The first-order chi connectivity index (χ1) is 16.9. The van der Waals surface area contributed by atoms with Gasteiger partial charge in [0, 0.05) is 12.6 Å². The molecule has 3 N–H and O–H groups in total. The molecule has 1 amide bonds. The Morgan fingerprint density at radius 1 is 1.17 bits per heavy atom. The number of rotatable bonds is 6. The number of halogens is 2. The van der Waals surface area contributed by atoms with E-state index in [0.29, 0.717) is 17.7 Å². The van der Waals surface area contributed by atoms with Crippen LogP contribution in [0.1, 0.15) is 32.9 Å². The summed E-state index contributed by atoms with van der Waals surface area (Å²) in [6.07, 6.45) is 0.905. The predicted octanol–water partition coefficient (Wildman–Crippen LogP) is 3.03. The highest BCUT2D eigenvalue weighted by atomic mass is 19.1. The van der Waals surface area contributed by atoms with Crippen molar-refractivity contribution in [3.63, 3.8) is 0 Å². The summed E-state index contributed by atoms with van der Waals surface area (Å²) in [5.41, 5.74) is 0.787. The first-order valence-corrected chi connectivity index (χ1v) is 11.1. The standard InChI is InChI=1S/C26H23F2N3O4/c1-15-23(25(34)30-26(14-32)18-7-3-2-6-16(18)12-22(26)33)31-11-5-10-21(24(31)29-15)35-13-17-19(27)8-4-9-20(17)28/h2-11,22,32-33H,12-14H2,1H3,(H,30,34)/t22-,26-/m1/s1. The highest BCUT2D eigenvalue weighted by Gasteiger charge is 2.47. The third kappa shape index (κ3) is 3.73. The molecule has 0 radical (unpaired) electrons. The van der Waals surface area contributed by atoms with E-state index in [4.69, 9.17) is 4.74 Å². The van der Waals surface area contributed by atoms with Gasteiger partial charge in [0.2, 0.25) is 0 Å². The van der Waals surface area contributed by atoms with Gasteiger partial charge in [0.1, 0.15) is 29.5 Å². The van der Waals surface area contributed by atoms with Gasteiger partial charge < -0.3 is 20.3 Å². The van der Waals surface area contributed by atoms with Crippen molar-refractivity contribution in [3.05, 3.63) is 101 Å². The Morgan fingerprint density at radius 2 is 1.91 bits per heavy atom. The van der Waals surface area contributed by atoms with Crippen LogP contribution in [0.3, 0.4) is 0 Å². The summed E-state index contributed by atoms with van der Waals surface area (Å²) in [5.74, 6) is -1.75. The van der Waals surface area contributed by atoms with Gasteiger partial charge in [-0.15, -0.1) is 0 Å². The largest absolute Gasteiger partial charge is 0.485 e.